The average molecular weight is 299 g/mol. The van der Waals surface area contributed by atoms with E-state index in [4.69, 9.17) is 11.6 Å². The molecular formula is C15H17ClF2N2. The minimum absolute atomic E-state index is 0.190. The zero-order chi connectivity index (χ0) is 14.3. The van der Waals surface area contributed by atoms with Crippen molar-refractivity contribution in [3.63, 3.8) is 0 Å². The second-order valence-corrected chi connectivity index (χ2v) is 6.11. The highest BCUT2D eigenvalue weighted by atomic mass is 35.5. The zero-order valence-electron chi connectivity index (χ0n) is 11.4. The SMILES string of the molecule is CC1(n2c(CCCl)nc3ccc(F)c(F)c32)CCCC1. The van der Waals surface area contributed by atoms with Gasteiger partial charge in [0.25, 0.3) is 0 Å². The first-order chi connectivity index (χ1) is 9.57. The number of hydrogen-bond acceptors (Lipinski definition) is 1. The molecule has 1 saturated carbocycles. The van der Waals surface area contributed by atoms with E-state index < -0.39 is 11.6 Å². The third kappa shape index (κ3) is 2.01. The van der Waals surface area contributed by atoms with Crippen molar-refractivity contribution in [3.05, 3.63) is 29.6 Å². The van der Waals surface area contributed by atoms with Crippen LogP contribution in [-0.2, 0) is 12.0 Å². The molecule has 2 nitrogen and oxygen atoms in total. The van der Waals surface area contributed by atoms with Gasteiger partial charge in [0, 0.05) is 17.8 Å². The van der Waals surface area contributed by atoms with Gasteiger partial charge in [-0.1, -0.05) is 12.8 Å². The maximum atomic E-state index is 14.3. The number of nitrogens with zero attached hydrogens (tertiary/aromatic N) is 2. The number of aryl methyl sites for hydroxylation is 1. The smallest absolute Gasteiger partial charge is 0.184 e. The van der Waals surface area contributed by atoms with Gasteiger partial charge in [0.1, 0.15) is 11.3 Å². The largest absolute Gasteiger partial charge is 0.320 e. The van der Waals surface area contributed by atoms with Crippen LogP contribution in [0.15, 0.2) is 12.1 Å². The molecule has 20 heavy (non-hydrogen) atoms. The van der Waals surface area contributed by atoms with E-state index in [1.54, 1.807) is 6.07 Å². The predicted molar refractivity (Wildman–Crippen MR) is 76.2 cm³/mol. The Kier molecular flexibility index (Phi) is 3.44. The fourth-order valence-corrected chi connectivity index (χ4v) is 3.51. The van der Waals surface area contributed by atoms with Gasteiger partial charge in [-0.05, 0) is 31.9 Å². The standard InChI is InChI=1S/C15H17ClF2N2/c1-15(7-2-3-8-15)20-12(6-9-16)19-11-5-4-10(17)13(18)14(11)20/h4-5H,2-3,6-9H2,1H3. The fraction of sp³-hybridized carbons (Fsp3) is 0.533. The van der Waals surface area contributed by atoms with E-state index in [2.05, 4.69) is 11.9 Å². The number of rotatable bonds is 3. The molecule has 1 aromatic carbocycles. The summed E-state index contributed by atoms with van der Waals surface area (Å²) in [5.74, 6) is -0.450. The lowest BCUT2D eigenvalue weighted by Crippen LogP contribution is -2.28. The molecule has 0 amide bonds. The molecule has 0 atom stereocenters. The van der Waals surface area contributed by atoms with Gasteiger partial charge in [-0.25, -0.2) is 13.8 Å². The summed E-state index contributed by atoms with van der Waals surface area (Å²) in [5, 5.41) is 0. The quantitative estimate of drug-likeness (QED) is 0.769. The molecule has 0 N–H and O–H groups in total. The van der Waals surface area contributed by atoms with Gasteiger partial charge >= 0.3 is 0 Å². The molecule has 0 bridgehead atoms. The third-order valence-corrected chi connectivity index (χ3v) is 4.51. The molecule has 5 heteroatoms. The second-order valence-electron chi connectivity index (χ2n) is 5.74. The Hall–Kier alpha value is -1.16. The number of alkyl halides is 1. The first kappa shape index (κ1) is 13.8. The van der Waals surface area contributed by atoms with E-state index in [-0.39, 0.29) is 11.1 Å². The van der Waals surface area contributed by atoms with Crippen LogP contribution in [0.25, 0.3) is 11.0 Å². The molecule has 1 aliphatic rings. The van der Waals surface area contributed by atoms with Crippen molar-refractivity contribution in [1.82, 2.24) is 9.55 Å². The normalized spacial score (nSPS) is 18.0. The van der Waals surface area contributed by atoms with E-state index >= 15 is 0 Å². The van der Waals surface area contributed by atoms with E-state index in [1.165, 1.54) is 0 Å². The number of benzene rings is 1. The van der Waals surface area contributed by atoms with E-state index in [0.717, 1.165) is 37.6 Å². The number of aromatic nitrogens is 2. The lowest BCUT2D eigenvalue weighted by molar-refractivity contribution is 0.325. The molecule has 108 valence electrons. The summed E-state index contributed by atoms with van der Waals surface area (Å²) in [6.45, 7) is 2.10. The molecular weight excluding hydrogens is 282 g/mol. The fourth-order valence-electron chi connectivity index (χ4n) is 3.34. The molecule has 0 radical (unpaired) electrons. The Morgan fingerprint density at radius 2 is 2.00 bits per heavy atom. The van der Waals surface area contributed by atoms with Crippen molar-refractivity contribution in [2.75, 3.05) is 5.88 Å². The molecule has 0 aliphatic heterocycles. The Balaban J connectivity index is 2.30. The summed E-state index contributed by atoms with van der Waals surface area (Å²) < 4.78 is 29.8. The number of imidazole rings is 1. The molecule has 1 aliphatic carbocycles. The molecule has 1 aromatic heterocycles. The van der Waals surface area contributed by atoms with Gasteiger partial charge in [0.2, 0.25) is 0 Å². The molecule has 3 rings (SSSR count). The van der Waals surface area contributed by atoms with Gasteiger partial charge in [-0.15, -0.1) is 11.6 Å². The van der Waals surface area contributed by atoms with E-state index in [9.17, 15) is 8.78 Å². The number of halogens is 3. The van der Waals surface area contributed by atoms with Crippen molar-refractivity contribution in [2.24, 2.45) is 0 Å². The molecule has 2 aromatic rings. The predicted octanol–water partition coefficient (Wildman–Crippen LogP) is 4.39. The van der Waals surface area contributed by atoms with Gasteiger partial charge in [0.05, 0.1) is 5.52 Å². The van der Waals surface area contributed by atoms with Crippen LogP contribution in [0.2, 0.25) is 0 Å². The average Bonchev–Trinajstić information content (AvgIpc) is 3.00. The Morgan fingerprint density at radius 3 is 2.65 bits per heavy atom. The third-order valence-electron chi connectivity index (χ3n) is 4.32. The Morgan fingerprint density at radius 1 is 1.30 bits per heavy atom. The van der Waals surface area contributed by atoms with E-state index in [0.29, 0.717) is 17.8 Å². The monoisotopic (exact) mass is 298 g/mol. The summed E-state index contributed by atoms with van der Waals surface area (Å²) >= 11 is 5.84. The maximum absolute atomic E-state index is 14.3. The van der Waals surface area contributed by atoms with Crippen LogP contribution in [0.4, 0.5) is 8.78 Å². The zero-order valence-corrected chi connectivity index (χ0v) is 12.2. The van der Waals surface area contributed by atoms with Crippen LogP contribution in [0.5, 0.6) is 0 Å². The minimum atomic E-state index is -0.822. The van der Waals surface area contributed by atoms with Crippen molar-refractivity contribution in [3.8, 4) is 0 Å². The van der Waals surface area contributed by atoms with Gasteiger partial charge in [-0.3, -0.25) is 0 Å². The first-order valence-electron chi connectivity index (χ1n) is 6.98. The summed E-state index contributed by atoms with van der Waals surface area (Å²) in [6, 6.07) is 2.68. The number of fused-ring (bicyclic) bond motifs is 1. The van der Waals surface area contributed by atoms with Crippen LogP contribution in [-0.4, -0.2) is 15.4 Å². The second kappa shape index (κ2) is 4.99. The van der Waals surface area contributed by atoms with Gasteiger partial charge in [0.15, 0.2) is 11.6 Å². The summed E-state index contributed by atoms with van der Waals surface area (Å²) in [5.41, 5.74) is 0.608. The van der Waals surface area contributed by atoms with Crippen molar-refractivity contribution in [1.29, 1.82) is 0 Å². The van der Waals surface area contributed by atoms with E-state index in [1.807, 2.05) is 4.57 Å². The highest BCUT2D eigenvalue weighted by molar-refractivity contribution is 6.17. The van der Waals surface area contributed by atoms with Gasteiger partial charge < -0.3 is 4.57 Å². The van der Waals surface area contributed by atoms with Crippen LogP contribution in [0.1, 0.15) is 38.4 Å². The van der Waals surface area contributed by atoms with Gasteiger partial charge in [-0.2, -0.15) is 0 Å². The molecule has 0 spiro atoms. The first-order valence-corrected chi connectivity index (χ1v) is 7.52. The highest BCUT2D eigenvalue weighted by Gasteiger charge is 2.35. The van der Waals surface area contributed by atoms with Crippen LogP contribution >= 0.6 is 11.6 Å². The van der Waals surface area contributed by atoms with Crippen molar-refractivity contribution >= 4 is 22.6 Å². The van der Waals surface area contributed by atoms with Crippen LogP contribution in [0, 0.1) is 11.6 Å². The highest BCUT2D eigenvalue weighted by Crippen LogP contribution is 2.40. The molecule has 0 unspecified atom stereocenters. The Bertz CT molecular complexity index is 645. The summed E-state index contributed by atoms with van der Waals surface area (Å²) in [7, 11) is 0. The topological polar surface area (TPSA) is 17.8 Å². The molecule has 1 fully saturated rings. The lowest BCUT2D eigenvalue weighted by atomic mass is 9.99. The molecule has 1 heterocycles. The summed E-state index contributed by atoms with van der Waals surface area (Å²) in [4.78, 5) is 4.47. The maximum Gasteiger partial charge on any atom is 0.184 e. The number of hydrogen-bond donors (Lipinski definition) is 0. The Labute approximate surface area is 121 Å². The summed E-state index contributed by atoms with van der Waals surface area (Å²) in [6.07, 6.45) is 4.70. The minimum Gasteiger partial charge on any atom is -0.320 e. The lowest BCUT2D eigenvalue weighted by Gasteiger charge is -2.29. The van der Waals surface area contributed by atoms with Crippen LogP contribution < -0.4 is 0 Å². The van der Waals surface area contributed by atoms with Crippen molar-refractivity contribution < 1.29 is 8.78 Å². The van der Waals surface area contributed by atoms with Crippen molar-refractivity contribution in [2.45, 2.75) is 44.6 Å². The molecule has 0 saturated heterocycles. The van der Waals surface area contributed by atoms with Crippen LogP contribution in [0.3, 0.4) is 0 Å².